The molecule has 2 aromatic heterocycles. The second kappa shape index (κ2) is 7.40. The van der Waals surface area contributed by atoms with Crippen LogP contribution in [0.1, 0.15) is 48.4 Å². The van der Waals surface area contributed by atoms with Crippen LogP contribution in [0.2, 0.25) is 5.15 Å². The van der Waals surface area contributed by atoms with E-state index < -0.39 is 17.6 Å². The van der Waals surface area contributed by atoms with Gasteiger partial charge in [0.25, 0.3) is 5.56 Å². The molecule has 0 spiro atoms. The van der Waals surface area contributed by atoms with Crippen molar-refractivity contribution in [2.45, 2.75) is 51.9 Å². The molecular formula is C16H19ClF3N5O. The molecule has 2 aromatic rings. The van der Waals surface area contributed by atoms with Crippen LogP contribution in [0.4, 0.5) is 13.2 Å². The predicted octanol–water partition coefficient (Wildman–Crippen LogP) is 3.07. The molecule has 0 saturated heterocycles. The summed E-state index contributed by atoms with van der Waals surface area (Å²) in [5, 5.41) is 0.390. The highest BCUT2D eigenvalue weighted by atomic mass is 35.5. The second-order valence-electron chi connectivity index (χ2n) is 6.35. The molecule has 1 aliphatic rings. The Labute approximate surface area is 152 Å². The molecule has 0 atom stereocenters. The Balaban J connectivity index is 1.75. The van der Waals surface area contributed by atoms with Gasteiger partial charge in [0, 0.05) is 32.5 Å². The Hall–Kier alpha value is -1.87. The van der Waals surface area contributed by atoms with E-state index in [-0.39, 0.29) is 24.2 Å². The summed E-state index contributed by atoms with van der Waals surface area (Å²) in [7, 11) is 0. The first kappa shape index (κ1) is 18.9. The van der Waals surface area contributed by atoms with Gasteiger partial charge in [-0.1, -0.05) is 24.9 Å². The zero-order valence-electron chi connectivity index (χ0n) is 14.2. The number of aromatic amines is 2. The van der Waals surface area contributed by atoms with Gasteiger partial charge in [-0.25, -0.2) is 9.97 Å². The van der Waals surface area contributed by atoms with Crippen molar-refractivity contribution in [1.29, 1.82) is 0 Å². The van der Waals surface area contributed by atoms with Crippen LogP contribution in [-0.4, -0.2) is 31.4 Å². The number of halogens is 4. The Kier molecular flexibility index (Phi) is 5.38. The number of hydrogen-bond acceptors (Lipinski definition) is 4. The minimum atomic E-state index is -4.66. The van der Waals surface area contributed by atoms with Crippen LogP contribution in [0.5, 0.6) is 0 Å². The number of fused-ring (bicyclic) bond motifs is 1. The molecule has 0 bridgehead atoms. The van der Waals surface area contributed by atoms with Crippen molar-refractivity contribution < 1.29 is 13.2 Å². The number of H-pyrrole nitrogens is 2. The zero-order chi connectivity index (χ0) is 18.9. The van der Waals surface area contributed by atoms with Gasteiger partial charge in [-0.15, -0.1) is 0 Å². The average molecular weight is 390 g/mol. The van der Waals surface area contributed by atoms with E-state index in [1.807, 2.05) is 9.88 Å². The Morgan fingerprint density at radius 3 is 2.73 bits per heavy atom. The molecule has 0 aliphatic carbocycles. The molecule has 6 nitrogen and oxygen atoms in total. The first-order valence-electron chi connectivity index (χ1n) is 8.42. The van der Waals surface area contributed by atoms with Crippen LogP contribution in [0.3, 0.4) is 0 Å². The Morgan fingerprint density at radius 2 is 2.04 bits per heavy atom. The number of alkyl halides is 3. The number of aromatic nitrogens is 4. The van der Waals surface area contributed by atoms with Crippen molar-refractivity contribution in [3.05, 3.63) is 44.1 Å². The quantitative estimate of drug-likeness (QED) is 0.823. The van der Waals surface area contributed by atoms with Crippen molar-refractivity contribution in [2.24, 2.45) is 0 Å². The fourth-order valence-electron chi connectivity index (χ4n) is 2.98. The summed E-state index contributed by atoms with van der Waals surface area (Å²) < 4.78 is 38.3. The van der Waals surface area contributed by atoms with E-state index in [0.29, 0.717) is 18.2 Å². The highest BCUT2D eigenvalue weighted by Gasteiger charge is 2.36. The lowest BCUT2D eigenvalue weighted by Gasteiger charge is -2.27. The first-order valence-corrected chi connectivity index (χ1v) is 8.80. The van der Waals surface area contributed by atoms with Crippen LogP contribution in [0.25, 0.3) is 0 Å². The number of imidazole rings is 1. The normalized spacial score (nSPS) is 15.3. The van der Waals surface area contributed by atoms with Crippen molar-refractivity contribution in [1.82, 2.24) is 24.8 Å². The Morgan fingerprint density at radius 1 is 1.27 bits per heavy atom. The maximum Gasteiger partial charge on any atom is 0.449 e. The molecule has 26 heavy (non-hydrogen) atoms. The lowest BCUT2D eigenvalue weighted by atomic mass is 10.1. The topological polar surface area (TPSA) is 77.7 Å². The number of unbranched alkanes of at least 4 members (excludes halogenated alkanes) is 1. The molecule has 3 rings (SSSR count). The fraction of sp³-hybridized carbons (Fsp3) is 0.562. The molecule has 2 N–H and O–H groups in total. The molecule has 0 saturated carbocycles. The van der Waals surface area contributed by atoms with Gasteiger partial charge in [-0.3, -0.25) is 9.69 Å². The molecular weight excluding hydrogens is 371 g/mol. The van der Waals surface area contributed by atoms with E-state index in [1.54, 1.807) is 0 Å². The van der Waals surface area contributed by atoms with Gasteiger partial charge >= 0.3 is 6.18 Å². The van der Waals surface area contributed by atoms with Crippen LogP contribution in [-0.2, 0) is 32.1 Å². The van der Waals surface area contributed by atoms with Gasteiger partial charge in [0.05, 0.1) is 17.0 Å². The van der Waals surface area contributed by atoms with E-state index in [0.717, 1.165) is 30.8 Å². The summed E-state index contributed by atoms with van der Waals surface area (Å²) in [5.74, 6) is -0.425. The molecule has 0 radical (unpaired) electrons. The van der Waals surface area contributed by atoms with E-state index in [4.69, 9.17) is 11.6 Å². The van der Waals surface area contributed by atoms with Gasteiger partial charge in [-0.2, -0.15) is 13.2 Å². The monoisotopic (exact) mass is 389 g/mol. The third-order valence-electron chi connectivity index (χ3n) is 4.34. The van der Waals surface area contributed by atoms with E-state index in [9.17, 15) is 18.0 Å². The number of hydrogen-bond donors (Lipinski definition) is 2. The number of rotatable bonds is 5. The SMILES string of the molecule is CCCCc1nc(Cl)c(CN2CCc3nc(C(F)(F)F)[nH]c(=O)c3C2)[nH]1. The molecule has 0 aromatic carbocycles. The second-order valence-corrected chi connectivity index (χ2v) is 6.71. The van der Waals surface area contributed by atoms with Crippen molar-refractivity contribution >= 4 is 11.6 Å². The molecule has 1 aliphatic heterocycles. The van der Waals surface area contributed by atoms with E-state index in [2.05, 4.69) is 21.9 Å². The van der Waals surface area contributed by atoms with E-state index in [1.165, 1.54) is 0 Å². The van der Waals surface area contributed by atoms with Crippen LogP contribution in [0.15, 0.2) is 4.79 Å². The minimum Gasteiger partial charge on any atom is -0.344 e. The molecule has 0 amide bonds. The van der Waals surface area contributed by atoms with Gasteiger partial charge < -0.3 is 9.97 Å². The molecule has 3 heterocycles. The van der Waals surface area contributed by atoms with E-state index >= 15 is 0 Å². The highest BCUT2D eigenvalue weighted by molar-refractivity contribution is 6.30. The summed E-state index contributed by atoms with van der Waals surface area (Å²) in [6.45, 7) is 3.24. The number of nitrogens with one attached hydrogen (secondary N) is 2. The minimum absolute atomic E-state index is 0.205. The maximum atomic E-state index is 12.8. The largest absolute Gasteiger partial charge is 0.449 e. The highest BCUT2D eigenvalue weighted by Crippen LogP contribution is 2.27. The first-order chi connectivity index (χ1) is 12.3. The molecule has 142 valence electrons. The lowest BCUT2D eigenvalue weighted by molar-refractivity contribution is -0.145. The van der Waals surface area contributed by atoms with Gasteiger partial charge in [-0.05, 0) is 6.42 Å². The summed E-state index contributed by atoms with van der Waals surface area (Å²) >= 11 is 6.17. The number of aryl methyl sites for hydroxylation is 1. The zero-order valence-corrected chi connectivity index (χ0v) is 15.0. The van der Waals surface area contributed by atoms with Crippen molar-refractivity contribution in [3.63, 3.8) is 0 Å². The molecule has 0 fully saturated rings. The standard InChI is InChI=1S/C16H19ClF3N5O/c1-2-3-4-12-21-11(13(17)23-12)8-25-6-5-10-9(7-25)14(26)24-15(22-10)16(18,19)20/h2-8H2,1H3,(H,21,23)(H,22,24,26). The van der Waals surface area contributed by atoms with Crippen LogP contribution in [0, 0.1) is 0 Å². The van der Waals surface area contributed by atoms with Gasteiger partial charge in [0.2, 0.25) is 5.82 Å². The molecule has 0 unspecified atom stereocenters. The summed E-state index contributed by atoms with van der Waals surface area (Å²) in [6.07, 6.45) is -1.53. The fourth-order valence-corrected chi connectivity index (χ4v) is 3.19. The van der Waals surface area contributed by atoms with Gasteiger partial charge in [0.1, 0.15) is 5.82 Å². The average Bonchev–Trinajstić information content (AvgIpc) is 2.92. The lowest BCUT2D eigenvalue weighted by Crippen LogP contribution is -2.36. The summed E-state index contributed by atoms with van der Waals surface area (Å²) in [6, 6.07) is 0. The predicted molar refractivity (Wildman–Crippen MR) is 89.9 cm³/mol. The Bertz CT molecular complexity index is 845. The van der Waals surface area contributed by atoms with Crippen LogP contribution < -0.4 is 5.56 Å². The van der Waals surface area contributed by atoms with Crippen LogP contribution >= 0.6 is 11.6 Å². The third-order valence-corrected chi connectivity index (χ3v) is 4.66. The summed E-state index contributed by atoms with van der Waals surface area (Å²) in [4.78, 5) is 26.9. The van der Waals surface area contributed by atoms with Gasteiger partial charge in [0.15, 0.2) is 5.15 Å². The van der Waals surface area contributed by atoms with Crippen molar-refractivity contribution in [3.8, 4) is 0 Å². The maximum absolute atomic E-state index is 12.8. The van der Waals surface area contributed by atoms with Crippen molar-refractivity contribution in [2.75, 3.05) is 6.54 Å². The molecule has 10 heteroatoms. The number of nitrogens with zero attached hydrogens (tertiary/aromatic N) is 3. The smallest absolute Gasteiger partial charge is 0.344 e. The summed E-state index contributed by atoms with van der Waals surface area (Å²) in [5.41, 5.74) is 0.478. The third kappa shape index (κ3) is 4.09.